The van der Waals surface area contributed by atoms with Gasteiger partial charge in [-0.2, -0.15) is 5.10 Å². The molecule has 1 aromatic carbocycles. The van der Waals surface area contributed by atoms with E-state index in [9.17, 15) is 9.59 Å². The summed E-state index contributed by atoms with van der Waals surface area (Å²) < 4.78 is 0. The van der Waals surface area contributed by atoms with E-state index in [1.807, 2.05) is 31.2 Å². The van der Waals surface area contributed by atoms with Crippen LogP contribution < -0.4 is 10.9 Å². The van der Waals surface area contributed by atoms with Crippen LogP contribution in [0, 0.1) is 6.92 Å². The molecule has 21 heavy (non-hydrogen) atoms. The second kappa shape index (κ2) is 5.16. The van der Waals surface area contributed by atoms with Crippen molar-refractivity contribution in [3.05, 3.63) is 64.2 Å². The van der Waals surface area contributed by atoms with Crippen molar-refractivity contribution in [1.82, 2.24) is 15.2 Å². The zero-order valence-corrected chi connectivity index (χ0v) is 11.3. The number of nitrogens with one attached hydrogen (secondary N) is 2. The highest BCUT2D eigenvalue weighted by Gasteiger charge is 2.10. The lowest BCUT2D eigenvalue weighted by molar-refractivity contribution is 0.102. The van der Waals surface area contributed by atoms with Gasteiger partial charge in [0.2, 0.25) is 0 Å². The number of aromatic amines is 1. The van der Waals surface area contributed by atoms with Crippen molar-refractivity contribution in [2.24, 2.45) is 0 Å². The Kier molecular flexibility index (Phi) is 3.19. The minimum atomic E-state index is -0.401. The molecule has 0 unspecified atom stereocenters. The van der Waals surface area contributed by atoms with Crippen molar-refractivity contribution in [1.29, 1.82) is 0 Å². The summed E-state index contributed by atoms with van der Waals surface area (Å²) in [6, 6.07) is 12.0. The van der Waals surface area contributed by atoms with Crippen LogP contribution in [0.2, 0.25) is 0 Å². The molecule has 2 aromatic heterocycles. The summed E-state index contributed by atoms with van der Waals surface area (Å²) in [5.74, 6) is -0.401. The number of para-hydroxylation sites is 1. The number of hydrogen-bond acceptors (Lipinski definition) is 4. The number of pyridine rings is 1. The summed E-state index contributed by atoms with van der Waals surface area (Å²) in [6.45, 7) is 1.89. The standard InChI is InChI=1S/C15H12N4O2/c1-9-5-6-10-3-2-4-11(14(10)16-9)17-15(21)12-7-8-13(20)19-18-12/h2-8H,1H3,(H,17,21)(H,19,20). The monoisotopic (exact) mass is 280 g/mol. The van der Waals surface area contributed by atoms with E-state index in [4.69, 9.17) is 0 Å². The molecule has 2 N–H and O–H groups in total. The summed E-state index contributed by atoms with van der Waals surface area (Å²) in [6.07, 6.45) is 0. The van der Waals surface area contributed by atoms with Crippen molar-refractivity contribution in [3.63, 3.8) is 0 Å². The van der Waals surface area contributed by atoms with Crippen LogP contribution in [-0.4, -0.2) is 21.1 Å². The number of fused-ring (bicyclic) bond motifs is 1. The van der Waals surface area contributed by atoms with Crippen molar-refractivity contribution in [2.75, 3.05) is 5.32 Å². The highest BCUT2D eigenvalue weighted by atomic mass is 16.2. The van der Waals surface area contributed by atoms with Crippen LogP contribution in [-0.2, 0) is 0 Å². The first-order valence-corrected chi connectivity index (χ1v) is 6.37. The smallest absolute Gasteiger partial charge is 0.276 e. The average Bonchev–Trinajstić information content (AvgIpc) is 2.48. The van der Waals surface area contributed by atoms with E-state index < -0.39 is 5.91 Å². The number of nitrogens with zero attached hydrogens (tertiary/aromatic N) is 2. The third-order valence-corrected chi connectivity index (χ3v) is 3.02. The number of H-pyrrole nitrogens is 1. The lowest BCUT2D eigenvalue weighted by Crippen LogP contribution is -2.17. The largest absolute Gasteiger partial charge is 0.319 e. The normalized spacial score (nSPS) is 10.5. The van der Waals surface area contributed by atoms with E-state index in [0.29, 0.717) is 5.69 Å². The molecule has 0 saturated carbocycles. The number of aryl methyl sites for hydroxylation is 1. The van der Waals surface area contributed by atoms with E-state index in [1.54, 1.807) is 6.07 Å². The zero-order chi connectivity index (χ0) is 14.8. The molecule has 1 amide bonds. The van der Waals surface area contributed by atoms with E-state index in [-0.39, 0.29) is 11.3 Å². The molecule has 2 heterocycles. The number of amides is 1. The molecule has 104 valence electrons. The Hall–Kier alpha value is -3.02. The van der Waals surface area contributed by atoms with Crippen LogP contribution >= 0.6 is 0 Å². The zero-order valence-electron chi connectivity index (χ0n) is 11.3. The van der Waals surface area contributed by atoms with Gasteiger partial charge in [-0.25, -0.2) is 5.10 Å². The number of benzene rings is 1. The maximum atomic E-state index is 12.1. The van der Waals surface area contributed by atoms with Gasteiger partial charge in [0.15, 0.2) is 0 Å². The fraction of sp³-hybridized carbons (Fsp3) is 0.0667. The Balaban J connectivity index is 1.98. The third kappa shape index (κ3) is 2.64. The Morgan fingerprint density at radius 2 is 2.00 bits per heavy atom. The topological polar surface area (TPSA) is 87.7 Å². The van der Waals surface area contributed by atoms with Gasteiger partial charge in [-0.15, -0.1) is 0 Å². The van der Waals surface area contributed by atoms with Gasteiger partial charge >= 0.3 is 0 Å². The first-order valence-electron chi connectivity index (χ1n) is 6.37. The second-order valence-corrected chi connectivity index (χ2v) is 4.59. The summed E-state index contributed by atoms with van der Waals surface area (Å²) in [5.41, 5.74) is 1.98. The van der Waals surface area contributed by atoms with Gasteiger partial charge in [0.1, 0.15) is 5.69 Å². The summed E-state index contributed by atoms with van der Waals surface area (Å²) in [4.78, 5) is 27.5. The first kappa shape index (κ1) is 13.0. The molecule has 0 spiro atoms. The van der Waals surface area contributed by atoms with Gasteiger partial charge in [0.25, 0.3) is 11.5 Å². The molecule has 0 aliphatic carbocycles. The van der Waals surface area contributed by atoms with Crippen molar-refractivity contribution in [3.8, 4) is 0 Å². The molecule has 0 bridgehead atoms. The Labute approximate surface area is 119 Å². The van der Waals surface area contributed by atoms with Crippen LogP contribution in [0.5, 0.6) is 0 Å². The molecule has 6 heteroatoms. The fourth-order valence-corrected chi connectivity index (χ4v) is 2.00. The SMILES string of the molecule is Cc1ccc2cccc(NC(=O)c3ccc(=O)[nH]n3)c2n1. The minimum absolute atomic E-state index is 0.138. The van der Waals surface area contributed by atoms with Gasteiger partial charge in [0.05, 0.1) is 11.2 Å². The van der Waals surface area contributed by atoms with Crippen LogP contribution in [0.1, 0.15) is 16.2 Å². The number of carbonyl (C=O) groups excluding carboxylic acids is 1. The van der Waals surface area contributed by atoms with Crippen LogP contribution in [0.25, 0.3) is 10.9 Å². The molecule has 3 rings (SSSR count). The highest BCUT2D eigenvalue weighted by molar-refractivity contribution is 6.07. The first-order chi connectivity index (χ1) is 10.1. The van der Waals surface area contributed by atoms with E-state index in [2.05, 4.69) is 20.5 Å². The molecule has 6 nitrogen and oxygen atoms in total. The van der Waals surface area contributed by atoms with Crippen molar-refractivity contribution < 1.29 is 4.79 Å². The Morgan fingerprint density at radius 1 is 1.14 bits per heavy atom. The molecule has 0 aliphatic heterocycles. The maximum absolute atomic E-state index is 12.1. The molecule has 0 fully saturated rings. The summed E-state index contributed by atoms with van der Waals surface area (Å²) in [7, 11) is 0. The van der Waals surface area contributed by atoms with Crippen molar-refractivity contribution in [2.45, 2.75) is 6.92 Å². The van der Waals surface area contributed by atoms with Gasteiger partial charge < -0.3 is 5.32 Å². The molecule has 0 atom stereocenters. The molecular weight excluding hydrogens is 268 g/mol. The quantitative estimate of drug-likeness (QED) is 0.750. The van der Waals surface area contributed by atoms with E-state index in [0.717, 1.165) is 16.6 Å². The van der Waals surface area contributed by atoms with E-state index >= 15 is 0 Å². The lowest BCUT2D eigenvalue weighted by atomic mass is 10.1. The van der Waals surface area contributed by atoms with Gasteiger partial charge in [0, 0.05) is 17.1 Å². The lowest BCUT2D eigenvalue weighted by Gasteiger charge is -2.08. The molecular formula is C15H12N4O2. The number of aromatic nitrogens is 3. The molecule has 3 aromatic rings. The second-order valence-electron chi connectivity index (χ2n) is 4.59. The van der Waals surface area contributed by atoms with Crippen LogP contribution in [0.4, 0.5) is 5.69 Å². The van der Waals surface area contributed by atoms with Crippen molar-refractivity contribution >= 4 is 22.5 Å². The summed E-state index contributed by atoms with van der Waals surface area (Å²) in [5, 5.41) is 9.63. The number of anilines is 1. The van der Waals surface area contributed by atoms with Gasteiger partial charge in [-0.3, -0.25) is 14.6 Å². The number of hydrogen-bond donors (Lipinski definition) is 2. The highest BCUT2D eigenvalue weighted by Crippen LogP contribution is 2.22. The fourth-order valence-electron chi connectivity index (χ4n) is 2.00. The number of carbonyl (C=O) groups is 1. The summed E-state index contributed by atoms with van der Waals surface area (Å²) >= 11 is 0. The van der Waals surface area contributed by atoms with E-state index in [1.165, 1.54) is 12.1 Å². The van der Waals surface area contributed by atoms with Gasteiger partial charge in [-0.05, 0) is 25.1 Å². The minimum Gasteiger partial charge on any atom is -0.319 e. The van der Waals surface area contributed by atoms with Crippen LogP contribution in [0.3, 0.4) is 0 Å². The predicted molar refractivity (Wildman–Crippen MR) is 79.3 cm³/mol. The molecule has 0 aliphatic rings. The Morgan fingerprint density at radius 3 is 2.76 bits per heavy atom. The third-order valence-electron chi connectivity index (χ3n) is 3.02. The average molecular weight is 280 g/mol. The van der Waals surface area contributed by atoms with Gasteiger partial charge in [-0.1, -0.05) is 18.2 Å². The number of rotatable bonds is 2. The predicted octanol–water partition coefficient (Wildman–Crippen LogP) is 1.88. The maximum Gasteiger partial charge on any atom is 0.276 e. The molecule has 0 radical (unpaired) electrons. The van der Waals surface area contributed by atoms with Crippen LogP contribution in [0.15, 0.2) is 47.3 Å². The molecule has 0 saturated heterocycles. The Bertz CT molecular complexity index is 866.